The second-order valence-corrected chi connectivity index (χ2v) is 16.8. The largest absolute Gasteiger partial charge is 0.257 e. The molecule has 0 unspecified atom stereocenters. The molecule has 0 aliphatic carbocycles. The Kier molecular flexibility index (Phi) is 5.09. The zero-order valence-corrected chi connectivity index (χ0v) is 17.3. The molecule has 0 radical (unpaired) electrons. The molecule has 2 N–H and O–H groups in total. The van der Waals surface area contributed by atoms with E-state index in [0.717, 1.165) is 45.7 Å². The zero-order valence-electron chi connectivity index (χ0n) is 13.1. The molecule has 0 bridgehead atoms. The zero-order chi connectivity index (χ0) is 16.0. The molecule has 132 valence electrons. The van der Waals surface area contributed by atoms with E-state index in [1.807, 2.05) is 0 Å². The molecule has 4 rings (SSSR count). The highest BCUT2D eigenvalue weighted by Crippen LogP contribution is 2.82. The lowest BCUT2D eigenvalue weighted by Gasteiger charge is -2.42. The summed E-state index contributed by atoms with van der Waals surface area (Å²) in [5.41, 5.74) is 0. The molecule has 0 aromatic carbocycles. The van der Waals surface area contributed by atoms with Gasteiger partial charge in [0.25, 0.3) is 5.91 Å². The Hall–Kier alpha value is 1.11. The molecular formula is C11H24Cl2N7P3. The molecular weight excluding hydrogens is 394 g/mol. The third-order valence-electron chi connectivity index (χ3n) is 4.66. The lowest BCUT2D eigenvalue weighted by atomic mass is 10.4. The van der Waals surface area contributed by atoms with E-state index in [2.05, 4.69) is 19.5 Å². The van der Waals surface area contributed by atoms with E-state index in [4.69, 9.17) is 36.0 Å². The van der Waals surface area contributed by atoms with Crippen molar-refractivity contribution in [1.29, 1.82) is 0 Å². The highest BCUT2D eigenvalue weighted by atomic mass is 35.9. The monoisotopic (exact) mass is 417 g/mol. The van der Waals surface area contributed by atoms with E-state index < -0.39 is 20.9 Å². The normalized spacial score (nSPS) is 33.1. The summed E-state index contributed by atoms with van der Waals surface area (Å²) < 4.78 is 20.0. The lowest BCUT2D eigenvalue weighted by molar-refractivity contribution is 0.464. The molecule has 23 heavy (non-hydrogen) atoms. The van der Waals surface area contributed by atoms with E-state index in [-0.39, 0.29) is 0 Å². The van der Waals surface area contributed by atoms with E-state index in [9.17, 15) is 0 Å². The van der Waals surface area contributed by atoms with Crippen molar-refractivity contribution >= 4 is 43.4 Å². The van der Waals surface area contributed by atoms with Gasteiger partial charge < -0.3 is 0 Å². The maximum absolute atomic E-state index is 6.64. The van der Waals surface area contributed by atoms with Gasteiger partial charge in [0.1, 0.15) is 0 Å². The van der Waals surface area contributed by atoms with Crippen LogP contribution < -0.4 is 10.2 Å². The molecule has 0 atom stereocenters. The highest BCUT2D eigenvalue weighted by Gasteiger charge is 2.44. The van der Waals surface area contributed by atoms with E-state index in [0.29, 0.717) is 0 Å². The quantitative estimate of drug-likeness (QED) is 0.614. The van der Waals surface area contributed by atoms with Crippen molar-refractivity contribution in [2.75, 3.05) is 39.3 Å². The first-order valence-electron chi connectivity index (χ1n) is 8.36. The Labute approximate surface area is 148 Å². The first kappa shape index (κ1) is 17.5. The van der Waals surface area contributed by atoms with Gasteiger partial charge in [-0.1, -0.05) is 0 Å². The summed E-state index contributed by atoms with van der Waals surface area (Å²) in [6.45, 7) is 6.02. The molecule has 0 aromatic heterocycles. The molecule has 1 spiro atoms. The molecule has 4 aliphatic heterocycles. The van der Waals surface area contributed by atoms with Gasteiger partial charge in [0.2, 0.25) is 15.0 Å². The average Bonchev–Trinajstić information content (AvgIpc) is 3.20. The fraction of sp³-hybridized carbons (Fsp3) is 1.00. The number of nitrogens with zero attached hydrogens (tertiary/aromatic N) is 5. The Bertz CT molecular complexity index is 604. The minimum absolute atomic E-state index is 0.918. The van der Waals surface area contributed by atoms with Crippen molar-refractivity contribution in [1.82, 2.24) is 19.5 Å². The average molecular weight is 418 g/mol. The second-order valence-electron chi connectivity index (χ2n) is 6.35. The van der Waals surface area contributed by atoms with Crippen LogP contribution in [0.15, 0.2) is 13.5 Å². The predicted octanol–water partition coefficient (Wildman–Crippen LogP) is 5.09. The van der Waals surface area contributed by atoms with Crippen LogP contribution in [-0.2, 0) is 0 Å². The van der Waals surface area contributed by atoms with Crippen LogP contribution in [0.5, 0.6) is 0 Å². The number of nitrogens with one attached hydrogen (secondary N) is 2. The van der Waals surface area contributed by atoms with Gasteiger partial charge in [-0.3, -0.25) is 10.2 Å². The Morgan fingerprint density at radius 2 is 1.22 bits per heavy atom. The Morgan fingerprint density at radius 1 is 0.696 bits per heavy atom. The summed E-state index contributed by atoms with van der Waals surface area (Å²) in [6.07, 6.45) is 5.92. The minimum Gasteiger partial charge on any atom is -0.253 e. The Balaban J connectivity index is 1.89. The van der Waals surface area contributed by atoms with Crippen LogP contribution in [0.25, 0.3) is 0 Å². The van der Waals surface area contributed by atoms with Gasteiger partial charge in [-0.05, 0) is 54.6 Å². The first-order chi connectivity index (χ1) is 11.0. The van der Waals surface area contributed by atoms with Crippen molar-refractivity contribution in [3.8, 4) is 0 Å². The summed E-state index contributed by atoms with van der Waals surface area (Å²) in [6, 6.07) is 0. The van der Waals surface area contributed by atoms with Crippen molar-refractivity contribution in [3.05, 3.63) is 0 Å². The number of rotatable bonds is 2. The molecule has 3 fully saturated rings. The van der Waals surface area contributed by atoms with Gasteiger partial charge in [0.15, 0.2) is 0 Å². The SMILES string of the molecule is ClP1(Cl)=NP2(=NP(N3CCCC3)(N3CCCC3)=N1)NCCCN2. The topological polar surface area (TPSA) is 67.6 Å². The molecule has 0 saturated carbocycles. The van der Waals surface area contributed by atoms with Crippen molar-refractivity contribution in [2.45, 2.75) is 32.1 Å². The molecule has 0 amide bonds. The number of hydrogen-bond donors (Lipinski definition) is 2. The van der Waals surface area contributed by atoms with Gasteiger partial charge >= 0.3 is 0 Å². The highest BCUT2D eigenvalue weighted by molar-refractivity contribution is 8.13. The van der Waals surface area contributed by atoms with Gasteiger partial charge in [0.05, 0.1) is 0 Å². The first-order valence-corrected chi connectivity index (χ1v) is 15.2. The van der Waals surface area contributed by atoms with Crippen molar-refractivity contribution in [3.63, 3.8) is 0 Å². The fourth-order valence-corrected chi connectivity index (χ4v) is 18.1. The summed E-state index contributed by atoms with van der Waals surface area (Å²) in [7, 11) is -4.43. The summed E-state index contributed by atoms with van der Waals surface area (Å²) in [4.78, 5) is 0. The van der Waals surface area contributed by atoms with Crippen LogP contribution in [0.2, 0.25) is 0 Å². The van der Waals surface area contributed by atoms with Crippen LogP contribution in [-0.4, -0.2) is 48.6 Å². The number of halogens is 2. The second kappa shape index (κ2) is 6.68. The molecule has 3 saturated heterocycles. The third kappa shape index (κ3) is 3.39. The van der Waals surface area contributed by atoms with Crippen molar-refractivity contribution in [2.24, 2.45) is 13.5 Å². The standard InChI is InChI=1S/C11H24Cl2N7P3/c12-21(13)16-22(14-6-5-7-15-22)18-23(17-21,19-8-1-2-9-19)20-10-3-4-11-20/h14-15H,1-11H2. The molecule has 12 heteroatoms. The lowest BCUT2D eigenvalue weighted by Crippen LogP contribution is -2.33. The van der Waals surface area contributed by atoms with Crippen LogP contribution >= 0.6 is 43.4 Å². The third-order valence-corrected chi connectivity index (χ3v) is 16.5. The van der Waals surface area contributed by atoms with E-state index in [1.165, 1.54) is 25.7 Å². The molecule has 4 heterocycles. The van der Waals surface area contributed by atoms with Crippen LogP contribution in [0.1, 0.15) is 32.1 Å². The summed E-state index contributed by atoms with van der Waals surface area (Å²) in [5.74, 6) is -2.71. The summed E-state index contributed by atoms with van der Waals surface area (Å²) >= 11 is 13.3. The van der Waals surface area contributed by atoms with Crippen LogP contribution in [0.3, 0.4) is 0 Å². The maximum Gasteiger partial charge on any atom is 0.257 e. The smallest absolute Gasteiger partial charge is 0.253 e. The van der Waals surface area contributed by atoms with E-state index >= 15 is 0 Å². The summed E-state index contributed by atoms with van der Waals surface area (Å²) in [5, 5.41) is 7.06. The molecule has 4 aliphatic rings. The van der Waals surface area contributed by atoms with Crippen LogP contribution in [0.4, 0.5) is 0 Å². The minimum atomic E-state index is -2.71. The van der Waals surface area contributed by atoms with Gasteiger partial charge in [0, 0.05) is 39.3 Å². The van der Waals surface area contributed by atoms with Gasteiger partial charge in [-0.15, -0.1) is 0 Å². The van der Waals surface area contributed by atoms with Crippen LogP contribution in [0, 0.1) is 0 Å². The van der Waals surface area contributed by atoms with Gasteiger partial charge in [-0.25, -0.2) is 9.34 Å². The van der Waals surface area contributed by atoms with Gasteiger partial charge in [-0.2, -0.15) is 13.5 Å². The fourth-order valence-electron chi connectivity index (χ4n) is 3.61. The van der Waals surface area contributed by atoms with Crippen molar-refractivity contribution < 1.29 is 0 Å². The molecule has 0 aromatic rings. The number of hydrogen-bond acceptors (Lipinski definition) is 7. The predicted molar refractivity (Wildman–Crippen MR) is 102 cm³/mol. The van der Waals surface area contributed by atoms with E-state index in [1.54, 1.807) is 0 Å². The maximum atomic E-state index is 6.64. The Morgan fingerprint density at radius 3 is 1.74 bits per heavy atom. The molecule has 7 nitrogen and oxygen atoms in total.